The van der Waals surface area contributed by atoms with E-state index >= 15 is 0 Å². The van der Waals surface area contributed by atoms with Gasteiger partial charge in [-0.05, 0) is 18.9 Å². The molecular weight excluding hydrogens is 254 g/mol. The van der Waals surface area contributed by atoms with E-state index in [1.165, 1.54) is 0 Å². The van der Waals surface area contributed by atoms with Crippen molar-refractivity contribution in [2.45, 2.75) is 25.7 Å². The van der Waals surface area contributed by atoms with E-state index in [-0.39, 0.29) is 11.8 Å². The van der Waals surface area contributed by atoms with Gasteiger partial charge >= 0.3 is 0 Å². The topological polar surface area (TPSA) is 62.5 Å². The van der Waals surface area contributed by atoms with Gasteiger partial charge in [0, 0.05) is 33.0 Å². The van der Waals surface area contributed by atoms with Gasteiger partial charge in [-0.15, -0.1) is 0 Å². The van der Waals surface area contributed by atoms with Gasteiger partial charge in [0.1, 0.15) is 5.52 Å². The molecule has 20 heavy (non-hydrogen) atoms. The van der Waals surface area contributed by atoms with Crippen LogP contribution in [0.3, 0.4) is 0 Å². The van der Waals surface area contributed by atoms with Crippen molar-refractivity contribution in [2.24, 2.45) is 0 Å². The van der Waals surface area contributed by atoms with E-state index in [9.17, 15) is 4.79 Å². The number of fused-ring (bicyclic) bond motifs is 1. The Morgan fingerprint density at radius 2 is 2.35 bits per heavy atom. The summed E-state index contributed by atoms with van der Waals surface area (Å²) in [5.41, 5.74) is 1.96. The summed E-state index contributed by atoms with van der Waals surface area (Å²) in [5, 5.41) is 7.41. The molecule has 3 heterocycles. The molecule has 0 radical (unpaired) electrons. The molecule has 1 aliphatic rings. The van der Waals surface area contributed by atoms with Crippen LogP contribution in [0.5, 0.6) is 0 Å². The Balaban J connectivity index is 1.94. The van der Waals surface area contributed by atoms with Crippen molar-refractivity contribution in [1.29, 1.82) is 0 Å². The molecule has 1 saturated heterocycles. The molecule has 0 bridgehead atoms. The lowest BCUT2D eigenvalue weighted by molar-refractivity contribution is -0.130. The summed E-state index contributed by atoms with van der Waals surface area (Å²) in [6.45, 7) is 3.23. The van der Waals surface area contributed by atoms with Crippen molar-refractivity contribution in [1.82, 2.24) is 19.5 Å². The number of nitrogens with zero attached hydrogens (tertiary/aromatic N) is 4. The number of likely N-dealkylation sites (tertiary alicyclic amines) is 1. The van der Waals surface area contributed by atoms with Gasteiger partial charge in [-0.3, -0.25) is 4.79 Å². The van der Waals surface area contributed by atoms with Crippen LogP contribution in [0.4, 0.5) is 5.82 Å². The zero-order chi connectivity index (χ0) is 14.1. The minimum Gasteiger partial charge on any atom is -0.371 e. The van der Waals surface area contributed by atoms with Gasteiger partial charge < -0.3 is 10.2 Å². The highest BCUT2D eigenvalue weighted by Gasteiger charge is 2.24. The molecule has 1 atom stereocenters. The molecule has 0 aliphatic carbocycles. The predicted molar refractivity (Wildman–Crippen MR) is 76.8 cm³/mol. The fourth-order valence-corrected chi connectivity index (χ4v) is 2.83. The standard InChI is InChI=1S/C14H19N5O/c1-10(20)18-7-3-4-11(8-18)12-9-19-13(5-6-16-19)14(15-2)17-12/h5-6,9,11H,3-4,7-8H2,1-2H3,(H,15,17)/t11-/m1/s1. The van der Waals surface area contributed by atoms with E-state index in [0.717, 1.165) is 43.0 Å². The van der Waals surface area contributed by atoms with Crippen molar-refractivity contribution in [3.05, 3.63) is 24.2 Å². The van der Waals surface area contributed by atoms with Crippen molar-refractivity contribution in [3.63, 3.8) is 0 Å². The molecule has 1 aliphatic heterocycles. The van der Waals surface area contributed by atoms with Gasteiger partial charge in [-0.25, -0.2) is 9.50 Å². The molecule has 106 valence electrons. The Labute approximate surface area is 117 Å². The lowest BCUT2D eigenvalue weighted by atomic mass is 9.95. The van der Waals surface area contributed by atoms with Crippen LogP contribution < -0.4 is 5.32 Å². The van der Waals surface area contributed by atoms with E-state index in [1.54, 1.807) is 13.1 Å². The van der Waals surface area contributed by atoms with Crippen LogP contribution >= 0.6 is 0 Å². The highest BCUT2D eigenvalue weighted by Crippen LogP contribution is 2.27. The first-order valence-corrected chi connectivity index (χ1v) is 6.96. The summed E-state index contributed by atoms with van der Waals surface area (Å²) < 4.78 is 1.85. The summed E-state index contributed by atoms with van der Waals surface area (Å²) in [6.07, 6.45) is 5.83. The van der Waals surface area contributed by atoms with Crippen molar-refractivity contribution in [2.75, 3.05) is 25.5 Å². The maximum absolute atomic E-state index is 11.5. The van der Waals surface area contributed by atoms with Gasteiger partial charge in [0.25, 0.3) is 0 Å². The molecule has 6 nitrogen and oxygen atoms in total. The average molecular weight is 273 g/mol. The first-order chi connectivity index (χ1) is 9.69. The third-order valence-corrected chi connectivity index (χ3v) is 3.93. The number of carbonyl (C=O) groups excluding carboxylic acids is 1. The quantitative estimate of drug-likeness (QED) is 0.900. The molecule has 2 aromatic heterocycles. The molecule has 0 aromatic carbocycles. The Morgan fingerprint density at radius 3 is 3.10 bits per heavy atom. The summed E-state index contributed by atoms with van der Waals surface area (Å²) in [6, 6.07) is 1.94. The van der Waals surface area contributed by atoms with Crippen molar-refractivity contribution >= 4 is 17.2 Å². The Bertz CT molecular complexity index is 636. The highest BCUT2D eigenvalue weighted by molar-refractivity contribution is 5.73. The van der Waals surface area contributed by atoms with Crippen LogP contribution in [-0.4, -0.2) is 45.5 Å². The van der Waals surface area contributed by atoms with Crippen LogP contribution in [0, 0.1) is 0 Å². The van der Waals surface area contributed by atoms with E-state index < -0.39 is 0 Å². The number of amides is 1. The fourth-order valence-electron chi connectivity index (χ4n) is 2.83. The maximum Gasteiger partial charge on any atom is 0.219 e. The number of aromatic nitrogens is 3. The van der Waals surface area contributed by atoms with Crippen molar-refractivity contribution in [3.8, 4) is 0 Å². The maximum atomic E-state index is 11.5. The summed E-state index contributed by atoms with van der Waals surface area (Å²) in [7, 11) is 1.86. The molecule has 1 fully saturated rings. The minimum absolute atomic E-state index is 0.142. The number of piperidine rings is 1. The van der Waals surface area contributed by atoms with E-state index in [1.807, 2.05) is 28.7 Å². The Morgan fingerprint density at radius 1 is 1.50 bits per heavy atom. The monoisotopic (exact) mass is 273 g/mol. The number of nitrogens with one attached hydrogen (secondary N) is 1. The van der Waals surface area contributed by atoms with E-state index in [2.05, 4.69) is 10.4 Å². The van der Waals surface area contributed by atoms with E-state index in [4.69, 9.17) is 4.98 Å². The zero-order valence-electron chi connectivity index (χ0n) is 11.8. The minimum atomic E-state index is 0.142. The second-order valence-corrected chi connectivity index (χ2v) is 5.23. The van der Waals surface area contributed by atoms with E-state index in [0.29, 0.717) is 0 Å². The van der Waals surface area contributed by atoms with Gasteiger partial charge in [0.15, 0.2) is 5.82 Å². The number of hydrogen-bond donors (Lipinski definition) is 1. The van der Waals surface area contributed by atoms with Crippen LogP contribution in [0.15, 0.2) is 18.5 Å². The molecule has 1 amide bonds. The molecule has 6 heteroatoms. The summed E-state index contributed by atoms with van der Waals surface area (Å²) in [4.78, 5) is 18.1. The number of rotatable bonds is 2. The Hall–Kier alpha value is -2.11. The molecule has 0 spiro atoms. The second kappa shape index (κ2) is 5.11. The van der Waals surface area contributed by atoms with Crippen molar-refractivity contribution < 1.29 is 4.79 Å². The first-order valence-electron chi connectivity index (χ1n) is 6.96. The molecule has 1 N–H and O–H groups in total. The lowest BCUT2D eigenvalue weighted by Gasteiger charge is -2.31. The summed E-state index contributed by atoms with van der Waals surface area (Å²) >= 11 is 0. The van der Waals surface area contributed by atoms with Gasteiger partial charge in [-0.1, -0.05) is 0 Å². The lowest BCUT2D eigenvalue weighted by Crippen LogP contribution is -2.38. The molecule has 3 rings (SSSR count). The fraction of sp³-hybridized carbons (Fsp3) is 0.500. The third-order valence-electron chi connectivity index (χ3n) is 3.93. The normalized spacial score (nSPS) is 19.3. The second-order valence-electron chi connectivity index (χ2n) is 5.23. The van der Waals surface area contributed by atoms with Gasteiger partial charge in [0.05, 0.1) is 18.1 Å². The third kappa shape index (κ3) is 2.21. The Kier molecular flexibility index (Phi) is 3.30. The van der Waals surface area contributed by atoms with Gasteiger partial charge in [-0.2, -0.15) is 5.10 Å². The van der Waals surface area contributed by atoms with Crippen LogP contribution in [-0.2, 0) is 4.79 Å². The first kappa shape index (κ1) is 12.9. The predicted octanol–water partition coefficient (Wildman–Crippen LogP) is 1.50. The number of carbonyl (C=O) groups is 1. The van der Waals surface area contributed by atoms with Gasteiger partial charge in [0.2, 0.25) is 5.91 Å². The molecule has 2 aromatic rings. The smallest absolute Gasteiger partial charge is 0.219 e. The van der Waals surface area contributed by atoms with Crippen LogP contribution in [0.25, 0.3) is 5.52 Å². The molecular formula is C14H19N5O. The molecule has 0 unspecified atom stereocenters. The summed E-state index contributed by atoms with van der Waals surface area (Å²) in [5.74, 6) is 1.26. The van der Waals surface area contributed by atoms with Crippen LogP contribution in [0.1, 0.15) is 31.4 Å². The number of anilines is 1. The molecule has 0 saturated carbocycles. The highest BCUT2D eigenvalue weighted by atomic mass is 16.2. The number of hydrogen-bond acceptors (Lipinski definition) is 4. The SMILES string of the molecule is CNc1nc([C@@H]2CCCN(C(C)=O)C2)cn2nccc12. The average Bonchev–Trinajstić information content (AvgIpc) is 2.94. The van der Waals surface area contributed by atoms with Crippen LogP contribution in [0.2, 0.25) is 0 Å². The largest absolute Gasteiger partial charge is 0.371 e. The zero-order valence-corrected chi connectivity index (χ0v) is 11.8.